The van der Waals surface area contributed by atoms with Gasteiger partial charge in [0, 0.05) is 19.8 Å². The first kappa shape index (κ1) is 13.8. The second kappa shape index (κ2) is 5.90. The average molecular weight is 266 g/mol. The Kier molecular flexibility index (Phi) is 5.10. The number of ether oxygens (including phenoxy) is 1. The molecule has 94 valence electrons. The molecule has 0 aromatic rings. The van der Waals surface area contributed by atoms with Crippen LogP contribution in [0.2, 0.25) is 0 Å². The zero-order valence-corrected chi connectivity index (χ0v) is 10.9. The average Bonchev–Trinajstić information content (AvgIpc) is 2.69. The van der Waals surface area contributed by atoms with Crippen LogP contribution in [0, 0.1) is 5.92 Å². The molecule has 1 aliphatic rings. The molecular formula is C9H18N2O3S2. The fourth-order valence-corrected chi connectivity index (χ4v) is 2.83. The van der Waals surface area contributed by atoms with Crippen LogP contribution in [-0.2, 0) is 14.8 Å². The highest BCUT2D eigenvalue weighted by molar-refractivity contribution is 7.93. The maximum Gasteiger partial charge on any atom is 0.220 e. The Hall–Kier alpha value is -0.240. The third-order valence-corrected chi connectivity index (χ3v) is 5.04. The maximum absolute atomic E-state index is 11.6. The molecule has 0 spiro atoms. The lowest BCUT2D eigenvalue weighted by atomic mass is 10.1. The van der Waals surface area contributed by atoms with Crippen molar-refractivity contribution < 1.29 is 13.2 Å². The fourth-order valence-electron chi connectivity index (χ4n) is 1.49. The van der Waals surface area contributed by atoms with E-state index in [1.165, 1.54) is 6.92 Å². The Balaban J connectivity index is 2.33. The van der Waals surface area contributed by atoms with Crippen molar-refractivity contribution in [3.05, 3.63) is 0 Å². The van der Waals surface area contributed by atoms with Crippen LogP contribution in [-0.4, -0.2) is 38.4 Å². The molecule has 1 fully saturated rings. The van der Waals surface area contributed by atoms with E-state index in [0.717, 1.165) is 26.1 Å². The maximum atomic E-state index is 11.6. The van der Waals surface area contributed by atoms with Gasteiger partial charge in [0.15, 0.2) is 0 Å². The van der Waals surface area contributed by atoms with Crippen molar-refractivity contribution in [2.45, 2.75) is 25.0 Å². The first-order valence-electron chi connectivity index (χ1n) is 5.29. The van der Waals surface area contributed by atoms with Gasteiger partial charge in [-0.3, -0.25) is 0 Å². The smallest absolute Gasteiger partial charge is 0.220 e. The summed E-state index contributed by atoms with van der Waals surface area (Å²) in [5, 5.41) is -0.817. The number of hydrogen-bond donors (Lipinski definition) is 2. The topological polar surface area (TPSA) is 81.4 Å². The van der Waals surface area contributed by atoms with Crippen molar-refractivity contribution in [3.8, 4) is 0 Å². The molecule has 0 aromatic heterocycles. The van der Waals surface area contributed by atoms with Crippen LogP contribution >= 0.6 is 12.2 Å². The Morgan fingerprint density at radius 1 is 1.69 bits per heavy atom. The van der Waals surface area contributed by atoms with Gasteiger partial charge in [-0.1, -0.05) is 12.2 Å². The van der Waals surface area contributed by atoms with Gasteiger partial charge in [-0.05, 0) is 25.7 Å². The van der Waals surface area contributed by atoms with Gasteiger partial charge in [-0.25, -0.2) is 13.1 Å². The van der Waals surface area contributed by atoms with Crippen molar-refractivity contribution in [2.24, 2.45) is 11.7 Å². The van der Waals surface area contributed by atoms with E-state index in [4.69, 9.17) is 10.5 Å². The molecule has 0 amide bonds. The third kappa shape index (κ3) is 3.97. The van der Waals surface area contributed by atoms with E-state index in [-0.39, 0.29) is 4.99 Å². The summed E-state index contributed by atoms with van der Waals surface area (Å²) >= 11 is 4.66. The van der Waals surface area contributed by atoms with Gasteiger partial charge in [-0.2, -0.15) is 0 Å². The lowest BCUT2D eigenvalue weighted by Gasteiger charge is -2.13. The number of nitrogens with one attached hydrogen (secondary N) is 1. The quantitative estimate of drug-likeness (QED) is 0.662. The number of sulfonamides is 1. The summed E-state index contributed by atoms with van der Waals surface area (Å²) in [6, 6.07) is 0. The van der Waals surface area contributed by atoms with Crippen molar-refractivity contribution in [1.29, 1.82) is 0 Å². The molecule has 1 aliphatic heterocycles. The molecule has 0 aromatic carbocycles. The summed E-state index contributed by atoms with van der Waals surface area (Å²) in [6.45, 7) is 3.42. The van der Waals surface area contributed by atoms with E-state index in [0.29, 0.717) is 12.5 Å². The van der Waals surface area contributed by atoms with Crippen LogP contribution in [0.25, 0.3) is 0 Å². The number of rotatable bonds is 6. The predicted molar refractivity (Wildman–Crippen MR) is 66.7 cm³/mol. The van der Waals surface area contributed by atoms with E-state index in [1.54, 1.807) is 0 Å². The lowest BCUT2D eigenvalue weighted by molar-refractivity contribution is 0.184. The third-order valence-electron chi connectivity index (χ3n) is 2.75. The van der Waals surface area contributed by atoms with Gasteiger partial charge in [0.05, 0.1) is 4.99 Å². The van der Waals surface area contributed by atoms with Gasteiger partial charge in [-0.15, -0.1) is 0 Å². The Bertz CT molecular complexity index is 337. The lowest BCUT2D eigenvalue weighted by Crippen LogP contribution is -2.40. The van der Waals surface area contributed by atoms with Crippen molar-refractivity contribution >= 4 is 27.2 Å². The summed E-state index contributed by atoms with van der Waals surface area (Å²) in [5.74, 6) is 0.461. The van der Waals surface area contributed by atoms with Crippen LogP contribution in [0.1, 0.15) is 19.8 Å². The van der Waals surface area contributed by atoms with E-state index in [1.807, 2.05) is 0 Å². The first-order chi connectivity index (χ1) is 7.43. The highest BCUT2D eigenvalue weighted by Crippen LogP contribution is 2.15. The molecule has 0 bridgehead atoms. The van der Waals surface area contributed by atoms with Crippen molar-refractivity contribution in [3.63, 3.8) is 0 Å². The van der Waals surface area contributed by atoms with Crippen LogP contribution in [0.15, 0.2) is 0 Å². The zero-order chi connectivity index (χ0) is 12.2. The number of thiocarbonyl (C=S) groups is 1. The highest BCUT2D eigenvalue weighted by Gasteiger charge is 2.23. The van der Waals surface area contributed by atoms with Crippen molar-refractivity contribution in [2.75, 3.05) is 19.8 Å². The minimum absolute atomic E-state index is 0.00306. The minimum Gasteiger partial charge on any atom is -0.392 e. The summed E-state index contributed by atoms with van der Waals surface area (Å²) in [4.78, 5) is -0.00306. The predicted octanol–water partition coefficient (Wildman–Crippen LogP) is 0.00700. The molecule has 1 rings (SSSR count). The summed E-state index contributed by atoms with van der Waals surface area (Å²) < 4.78 is 31.0. The van der Waals surface area contributed by atoms with E-state index in [9.17, 15) is 8.42 Å². The van der Waals surface area contributed by atoms with Crippen molar-refractivity contribution in [1.82, 2.24) is 4.72 Å². The largest absolute Gasteiger partial charge is 0.392 e. The van der Waals surface area contributed by atoms with E-state index in [2.05, 4.69) is 16.9 Å². The SMILES string of the molecule is CC(C(N)=S)S(=O)(=O)NCCC1CCOC1. The molecule has 0 saturated carbocycles. The molecule has 0 aliphatic carbocycles. The van der Waals surface area contributed by atoms with Gasteiger partial charge in [0.1, 0.15) is 5.25 Å². The molecule has 7 heteroatoms. The zero-order valence-electron chi connectivity index (χ0n) is 9.31. The highest BCUT2D eigenvalue weighted by atomic mass is 32.2. The van der Waals surface area contributed by atoms with Gasteiger partial charge in [0.25, 0.3) is 0 Å². The van der Waals surface area contributed by atoms with Crippen LogP contribution < -0.4 is 10.5 Å². The van der Waals surface area contributed by atoms with E-state index < -0.39 is 15.3 Å². The number of hydrogen-bond acceptors (Lipinski definition) is 4. The minimum atomic E-state index is -3.41. The van der Waals surface area contributed by atoms with Crippen LogP contribution in [0.5, 0.6) is 0 Å². The second-order valence-corrected chi connectivity index (χ2v) is 6.56. The normalized spacial score (nSPS) is 23.2. The van der Waals surface area contributed by atoms with Crippen LogP contribution in [0.4, 0.5) is 0 Å². The molecule has 3 N–H and O–H groups in total. The molecular weight excluding hydrogens is 248 g/mol. The van der Waals surface area contributed by atoms with Gasteiger partial charge < -0.3 is 10.5 Å². The monoisotopic (exact) mass is 266 g/mol. The Morgan fingerprint density at radius 2 is 2.38 bits per heavy atom. The van der Waals surface area contributed by atoms with Gasteiger partial charge in [0.2, 0.25) is 10.0 Å². The second-order valence-electron chi connectivity index (χ2n) is 4.00. The summed E-state index contributed by atoms with van der Waals surface area (Å²) in [5.41, 5.74) is 5.31. The Labute approximate surface area is 102 Å². The molecule has 1 saturated heterocycles. The summed E-state index contributed by atoms with van der Waals surface area (Å²) in [7, 11) is -3.41. The standard InChI is InChI=1S/C9H18N2O3S2/c1-7(9(10)15)16(12,13)11-4-2-8-3-5-14-6-8/h7-8,11H,2-6H2,1H3,(H2,10,15). The summed E-state index contributed by atoms with van der Waals surface area (Å²) in [6.07, 6.45) is 1.80. The first-order valence-corrected chi connectivity index (χ1v) is 7.24. The molecule has 2 atom stereocenters. The van der Waals surface area contributed by atoms with Crippen LogP contribution in [0.3, 0.4) is 0 Å². The molecule has 1 heterocycles. The molecule has 0 radical (unpaired) electrons. The Morgan fingerprint density at radius 3 is 2.88 bits per heavy atom. The van der Waals surface area contributed by atoms with E-state index >= 15 is 0 Å². The molecule has 5 nitrogen and oxygen atoms in total. The van der Waals surface area contributed by atoms with Gasteiger partial charge >= 0.3 is 0 Å². The molecule has 16 heavy (non-hydrogen) atoms. The number of nitrogens with two attached hydrogens (primary N) is 1. The fraction of sp³-hybridized carbons (Fsp3) is 0.889. The molecule has 2 unspecified atom stereocenters.